The normalized spacial score (nSPS) is 28.8. The van der Waals surface area contributed by atoms with Crippen LogP contribution in [0.3, 0.4) is 0 Å². The molecule has 0 heterocycles. The highest BCUT2D eigenvalue weighted by Gasteiger charge is 2.41. The van der Waals surface area contributed by atoms with E-state index in [0.717, 1.165) is 30.2 Å². The minimum absolute atomic E-state index is 0.119. The molecule has 16 heavy (non-hydrogen) atoms. The summed E-state index contributed by atoms with van der Waals surface area (Å²) < 4.78 is 1.13. The Kier molecular flexibility index (Phi) is 3.67. The maximum atomic E-state index is 9.39. The second kappa shape index (κ2) is 4.86. The fourth-order valence-corrected chi connectivity index (χ4v) is 2.96. The van der Waals surface area contributed by atoms with E-state index in [4.69, 9.17) is 5.73 Å². The van der Waals surface area contributed by atoms with Gasteiger partial charge in [0.05, 0.1) is 6.10 Å². The van der Waals surface area contributed by atoms with Gasteiger partial charge >= 0.3 is 0 Å². The van der Waals surface area contributed by atoms with Crippen molar-refractivity contribution in [2.24, 2.45) is 11.1 Å². The minimum atomic E-state index is -0.119. The van der Waals surface area contributed by atoms with Gasteiger partial charge in [-0.3, -0.25) is 0 Å². The van der Waals surface area contributed by atoms with Crippen LogP contribution in [-0.2, 0) is 6.42 Å². The molecule has 0 atom stereocenters. The molecule has 0 amide bonds. The Morgan fingerprint density at radius 2 is 2.19 bits per heavy atom. The van der Waals surface area contributed by atoms with E-state index in [2.05, 4.69) is 34.1 Å². The van der Waals surface area contributed by atoms with Gasteiger partial charge in [-0.15, -0.1) is 0 Å². The summed E-state index contributed by atoms with van der Waals surface area (Å²) in [7, 11) is 0. The molecule has 1 aliphatic carbocycles. The summed E-state index contributed by atoms with van der Waals surface area (Å²) in [6, 6.07) is 8.39. The number of aliphatic hydroxyl groups is 1. The third kappa shape index (κ3) is 2.65. The molecule has 1 aromatic rings. The molecular weight excluding hydrogens is 266 g/mol. The topological polar surface area (TPSA) is 46.2 Å². The summed E-state index contributed by atoms with van der Waals surface area (Å²) in [6.07, 6.45) is 3.75. The number of nitrogens with two attached hydrogens (primary N) is 1. The van der Waals surface area contributed by atoms with Crippen LogP contribution in [0.2, 0.25) is 0 Å². The number of hydrogen-bond donors (Lipinski definition) is 2. The average molecular weight is 284 g/mol. The van der Waals surface area contributed by atoms with Crippen molar-refractivity contribution in [2.75, 3.05) is 6.54 Å². The molecule has 1 aromatic carbocycles. The van der Waals surface area contributed by atoms with Crippen LogP contribution in [0.15, 0.2) is 28.7 Å². The molecule has 2 nitrogen and oxygen atoms in total. The smallest absolute Gasteiger partial charge is 0.0551 e. The lowest BCUT2D eigenvalue weighted by Gasteiger charge is -2.45. The van der Waals surface area contributed by atoms with Crippen LogP contribution in [-0.4, -0.2) is 17.8 Å². The second-order valence-corrected chi connectivity index (χ2v) is 5.81. The highest BCUT2D eigenvalue weighted by atomic mass is 79.9. The van der Waals surface area contributed by atoms with Crippen molar-refractivity contribution in [3.8, 4) is 0 Å². The molecule has 0 unspecified atom stereocenters. The highest BCUT2D eigenvalue weighted by molar-refractivity contribution is 9.10. The van der Waals surface area contributed by atoms with Crippen molar-refractivity contribution >= 4 is 15.9 Å². The molecule has 1 saturated carbocycles. The molecule has 1 aliphatic rings. The van der Waals surface area contributed by atoms with Crippen LogP contribution < -0.4 is 5.73 Å². The standard InChI is InChI=1S/C13H18BrNO/c14-11-3-1-2-10(6-11)4-5-13(9-15)7-12(16)8-13/h1-3,6,12,16H,4-5,7-9,15H2. The van der Waals surface area contributed by atoms with E-state index in [0.29, 0.717) is 6.54 Å². The predicted molar refractivity (Wildman–Crippen MR) is 69.2 cm³/mol. The van der Waals surface area contributed by atoms with E-state index in [1.54, 1.807) is 0 Å². The molecule has 3 heteroatoms. The fraction of sp³-hybridized carbons (Fsp3) is 0.538. The van der Waals surface area contributed by atoms with E-state index in [1.807, 2.05) is 6.07 Å². The molecule has 0 saturated heterocycles. The largest absolute Gasteiger partial charge is 0.393 e. The van der Waals surface area contributed by atoms with Crippen molar-refractivity contribution in [3.63, 3.8) is 0 Å². The summed E-state index contributed by atoms with van der Waals surface area (Å²) >= 11 is 3.48. The van der Waals surface area contributed by atoms with Gasteiger partial charge in [0.25, 0.3) is 0 Å². The predicted octanol–water partition coefficient (Wildman–Crippen LogP) is 2.48. The first-order chi connectivity index (χ1) is 7.63. The lowest BCUT2D eigenvalue weighted by Crippen LogP contribution is -2.46. The number of rotatable bonds is 4. The molecule has 88 valence electrons. The summed E-state index contributed by atoms with van der Waals surface area (Å²) in [5.74, 6) is 0. The number of halogens is 1. The van der Waals surface area contributed by atoms with E-state index >= 15 is 0 Å². The molecule has 1 fully saturated rings. The third-order valence-corrected chi connectivity index (χ3v) is 4.10. The maximum absolute atomic E-state index is 9.39. The van der Waals surface area contributed by atoms with Crippen molar-refractivity contribution in [1.82, 2.24) is 0 Å². The van der Waals surface area contributed by atoms with Crippen molar-refractivity contribution in [2.45, 2.75) is 31.8 Å². The summed E-state index contributed by atoms with van der Waals surface area (Å²) in [5.41, 5.74) is 7.34. The SMILES string of the molecule is NCC1(CCc2cccc(Br)c2)CC(O)C1. The lowest BCUT2D eigenvalue weighted by atomic mass is 9.64. The van der Waals surface area contributed by atoms with Gasteiger partial charge < -0.3 is 10.8 Å². The van der Waals surface area contributed by atoms with Crippen molar-refractivity contribution in [1.29, 1.82) is 0 Å². The number of hydrogen-bond acceptors (Lipinski definition) is 2. The maximum Gasteiger partial charge on any atom is 0.0551 e. The zero-order valence-corrected chi connectivity index (χ0v) is 10.9. The van der Waals surface area contributed by atoms with Gasteiger partial charge in [0.1, 0.15) is 0 Å². The zero-order chi connectivity index (χ0) is 11.6. The first-order valence-electron chi connectivity index (χ1n) is 5.76. The first kappa shape index (κ1) is 12.1. The van der Waals surface area contributed by atoms with Gasteiger partial charge in [-0.05, 0) is 55.3 Å². The molecule has 0 radical (unpaired) electrons. The Morgan fingerprint density at radius 3 is 2.75 bits per heavy atom. The molecule has 0 bridgehead atoms. The second-order valence-electron chi connectivity index (χ2n) is 4.90. The van der Waals surface area contributed by atoms with Gasteiger partial charge in [-0.25, -0.2) is 0 Å². The van der Waals surface area contributed by atoms with Crippen LogP contribution in [0.5, 0.6) is 0 Å². The van der Waals surface area contributed by atoms with Gasteiger partial charge in [-0.2, -0.15) is 0 Å². The Morgan fingerprint density at radius 1 is 1.44 bits per heavy atom. The van der Waals surface area contributed by atoms with Crippen LogP contribution in [0, 0.1) is 5.41 Å². The molecule has 0 spiro atoms. The minimum Gasteiger partial charge on any atom is -0.393 e. The Labute approximate surface area is 105 Å². The van der Waals surface area contributed by atoms with E-state index in [9.17, 15) is 5.11 Å². The molecule has 0 aliphatic heterocycles. The Balaban J connectivity index is 1.92. The quantitative estimate of drug-likeness (QED) is 0.892. The van der Waals surface area contributed by atoms with Crippen LogP contribution in [0.4, 0.5) is 0 Å². The van der Waals surface area contributed by atoms with Crippen molar-refractivity contribution < 1.29 is 5.11 Å². The zero-order valence-electron chi connectivity index (χ0n) is 9.32. The third-order valence-electron chi connectivity index (χ3n) is 3.60. The van der Waals surface area contributed by atoms with Gasteiger partial charge in [0, 0.05) is 4.47 Å². The van der Waals surface area contributed by atoms with E-state index in [1.165, 1.54) is 5.56 Å². The van der Waals surface area contributed by atoms with Gasteiger partial charge in [0.2, 0.25) is 0 Å². The Bertz CT molecular complexity index is 361. The average Bonchev–Trinajstić information content (AvgIpc) is 2.23. The monoisotopic (exact) mass is 283 g/mol. The highest BCUT2D eigenvalue weighted by Crippen LogP contribution is 2.43. The van der Waals surface area contributed by atoms with Crippen molar-refractivity contribution in [3.05, 3.63) is 34.3 Å². The molecular formula is C13H18BrNO. The van der Waals surface area contributed by atoms with Crippen LogP contribution >= 0.6 is 15.9 Å². The molecule has 3 N–H and O–H groups in total. The number of benzene rings is 1. The fourth-order valence-electron chi connectivity index (χ4n) is 2.51. The van der Waals surface area contributed by atoms with Crippen LogP contribution in [0.1, 0.15) is 24.8 Å². The van der Waals surface area contributed by atoms with E-state index in [-0.39, 0.29) is 11.5 Å². The summed E-state index contributed by atoms with van der Waals surface area (Å²) in [4.78, 5) is 0. The van der Waals surface area contributed by atoms with E-state index < -0.39 is 0 Å². The number of aryl methyl sites for hydroxylation is 1. The molecule has 2 rings (SSSR count). The summed E-state index contributed by atoms with van der Waals surface area (Å²) in [5, 5.41) is 9.39. The molecule has 0 aromatic heterocycles. The Hall–Kier alpha value is -0.380. The summed E-state index contributed by atoms with van der Waals surface area (Å²) in [6.45, 7) is 0.693. The first-order valence-corrected chi connectivity index (χ1v) is 6.55. The van der Waals surface area contributed by atoms with Crippen LogP contribution in [0.25, 0.3) is 0 Å². The van der Waals surface area contributed by atoms with Gasteiger partial charge in [0.15, 0.2) is 0 Å². The number of aliphatic hydroxyl groups excluding tert-OH is 1. The van der Waals surface area contributed by atoms with Gasteiger partial charge in [-0.1, -0.05) is 28.1 Å². The lowest BCUT2D eigenvalue weighted by molar-refractivity contribution is -0.0312.